The first kappa shape index (κ1) is 30.5. The van der Waals surface area contributed by atoms with Gasteiger partial charge in [-0.15, -0.1) is 0 Å². The molecule has 0 radical (unpaired) electrons. The normalized spacial score (nSPS) is 16.8. The van der Waals surface area contributed by atoms with E-state index in [1.165, 1.54) is 0 Å². The van der Waals surface area contributed by atoms with E-state index in [4.69, 9.17) is 4.74 Å². The first-order valence-electron chi connectivity index (χ1n) is 13.5. The van der Waals surface area contributed by atoms with Gasteiger partial charge in [0.05, 0.1) is 29.1 Å². The fraction of sp³-hybridized carbons (Fsp3) is 0.367. The molecule has 3 unspecified atom stereocenters. The number of amides is 1. The maximum atomic E-state index is 13.2. The number of alkyl halides is 3. The topological polar surface area (TPSA) is 96.5 Å². The van der Waals surface area contributed by atoms with Crippen molar-refractivity contribution in [3.63, 3.8) is 0 Å². The summed E-state index contributed by atoms with van der Waals surface area (Å²) in [5, 5.41) is 6.43. The standard InChI is InChI=1S/C30H34F3N3O4S/c1-3-20(2)34-19-21-12-13-25-26(14-15-40-28(25)16-21)35-29(37)18-27(22-8-5-4-6-9-22)36-41(38,39)24-11-7-10-23(17-24)30(31,32)33/h4-13,16-17,20,26-27,34,36H,3,14-15,18-19H2,1-2H3,(H,35,37). The van der Waals surface area contributed by atoms with Crippen LogP contribution in [0.1, 0.15) is 67.4 Å². The van der Waals surface area contributed by atoms with Gasteiger partial charge in [-0.2, -0.15) is 13.2 Å². The van der Waals surface area contributed by atoms with Crippen molar-refractivity contribution in [3.8, 4) is 5.75 Å². The largest absolute Gasteiger partial charge is 0.493 e. The number of sulfonamides is 1. The molecular formula is C30H34F3N3O4S. The summed E-state index contributed by atoms with van der Waals surface area (Å²) in [5.74, 6) is 0.279. The number of halogens is 3. The minimum Gasteiger partial charge on any atom is -0.493 e. The van der Waals surface area contributed by atoms with Crippen molar-refractivity contribution in [1.29, 1.82) is 0 Å². The predicted octanol–water partition coefficient (Wildman–Crippen LogP) is 5.64. The van der Waals surface area contributed by atoms with E-state index in [9.17, 15) is 26.4 Å². The number of benzene rings is 3. The summed E-state index contributed by atoms with van der Waals surface area (Å²) in [6, 6.07) is 16.9. The number of hydrogen-bond acceptors (Lipinski definition) is 5. The summed E-state index contributed by atoms with van der Waals surface area (Å²) < 4.78 is 74.2. The third-order valence-electron chi connectivity index (χ3n) is 7.08. The summed E-state index contributed by atoms with van der Waals surface area (Å²) in [4.78, 5) is 12.7. The minimum atomic E-state index is -4.70. The molecule has 41 heavy (non-hydrogen) atoms. The molecule has 3 atom stereocenters. The number of rotatable bonds is 11. The third-order valence-corrected chi connectivity index (χ3v) is 8.55. The van der Waals surface area contributed by atoms with Gasteiger partial charge in [-0.05, 0) is 48.7 Å². The molecule has 11 heteroatoms. The number of carbonyl (C=O) groups excluding carboxylic acids is 1. The van der Waals surface area contributed by atoms with Gasteiger partial charge in [0.25, 0.3) is 0 Å². The monoisotopic (exact) mass is 589 g/mol. The van der Waals surface area contributed by atoms with Gasteiger partial charge in [0.15, 0.2) is 0 Å². The van der Waals surface area contributed by atoms with E-state index in [-0.39, 0.29) is 12.5 Å². The van der Waals surface area contributed by atoms with E-state index in [2.05, 4.69) is 29.2 Å². The molecule has 3 N–H and O–H groups in total. The number of hydrogen-bond donors (Lipinski definition) is 3. The van der Waals surface area contributed by atoms with Gasteiger partial charge in [-0.25, -0.2) is 13.1 Å². The fourth-order valence-electron chi connectivity index (χ4n) is 4.58. The molecule has 0 spiro atoms. The van der Waals surface area contributed by atoms with Crippen molar-refractivity contribution in [2.45, 2.75) is 68.9 Å². The molecule has 7 nitrogen and oxygen atoms in total. The fourth-order valence-corrected chi connectivity index (χ4v) is 5.85. The molecular weight excluding hydrogens is 555 g/mol. The van der Waals surface area contributed by atoms with Gasteiger partial charge in [0, 0.05) is 31.0 Å². The van der Waals surface area contributed by atoms with Crippen LogP contribution in [-0.4, -0.2) is 27.0 Å². The Morgan fingerprint density at radius 2 is 1.80 bits per heavy atom. The second-order valence-electron chi connectivity index (χ2n) is 10.1. The van der Waals surface area contributed by atoms with Crippen molar-refractivity contribution >= 4 is 15.9 Å². The van der Waals surface area contributed by atoms with E-state index in [0.717, 1.165) is 35.7 Å². The molecule has 220 valence electrons. The van der Waals surface area contributed by atoms with Crippen LogP contribution >= 0.6 is 0 Å². The van der Waals surface area contributed by atoms with E-state index >= 15 is 0 Å². The van der Waals surface area contributed by atoms with Crippen LogP contribution in [-0.2, 0) is 27.5 Å². The zero-order valence-electron chi connectivity index (χ0n) is 22.9. The first-order valence-corrected chi connectivity index (χ1v) is 15.0. The predicted molar refractivity (Wildman–Crippen MR) is 150 cm³/mol. The van der Waals surface area contributed by atoms with Gasteiger partial charge in [-0.3, -0.25) is 4.79 Å². The van der Waals surface area contributed by atoms with Crippen molar-refractivity contribution < 1.29 is 31.1 Å². The number of nitrogens with one attached hydrogen (secondary N) is 3. The van der Waals surface area contributed by atoms with Crippen LogP contribution in [0, 0.1) is 0 Å². The van der Waals surface area contributed by atoms with Crippen LogP contribution < -0.4 is 20.1 Å². The van der Waals surface area contributed by atoms with Crippen molar-refractivity contribution in [3.05, 3.63) is 95.1 Å². The Morgan fingerprint density at radius 3 is 2.51 bits per heavy atom. The van der Waals surface area contributed by atoms with Crippen molar-refractivity contribution in [1.82, 2.24) is 15.4 Å². The maximum absolute atomic E-state index is 13.2. The van der Waals surface area contributed by atoms with Crippen molar-refractivity contribution in [2.24, 2.45) is 0 Å². The summed E-state index contributed by atoms with van der Waals surface area (Å²) in [7, 11) is -4.39. The minimum absolute atomic E-state index is 0.258. The number of fused-ring (bicyclic) bond motifs is 1. The number of carbonyl (C=O) groups is 1. The molecule has 1 amide bonds. The average molecular weight is 590 g/mol. The Labute approximate surface area is 238 Å². The Bertz CT molecular complexity index is 1450. The molecule has 0 saturated heterocycles. The zero-order valence-corrected chi connectivity index (χ0v) is 23.7. The molecule has 1 aliphatic rings. The maximum Gasteiger partial charge on any atom is 0.416 e. The summed E-state index contributed by atoms with van der Waals surface area (Å²) in [6.07, 6.45) is -3.41. The Hall–Kier alpha value is -3.41. The lowest BCUT2D eigenvalue weighted by Crippen LogP contribution is -2.36. The molecule has 0 bridgehead atoms. The average Bonchev–Trinajstić information content (AvgIpc) is 2.95. The molecule has 4 rings (SSSR count). The lowest BCUT2D eigenvalue weighted by atomic mass is 9.97. The first-order chi connectivity index (χ1) is 19.5. The van der Waals surface area contributed by atoms with Crippen molar-refractivity contribution in [2.75, 3.05) is 6.61 Å². The highest BCUT2D eigenvalue weighted by Gasteiger charge is 2.33. The van der Waals surface area contributed by atoms with Gasteiger partial charge in [0.2, 0.25) is 15.9 Å². The molecule has 3 aromatic carbocycles. The lowest BCUT2D eigenvalue weighted by Gasteiger charge is -2.28. The van der Waals surface area contributed by atoms with Crippen LogP contribution in [0.5, 0.6) is 5.75 Å². The van der Waals surface area contributed by atoms with Crippen LogP contribution in [0.15, 0.2) is 77.7 Å². The zero-order chi connectivity index (χ0) is 29.6. The third kappa shape index (κ3) is 8.08. The molecule has 1 heterocycles. The Morgan fingerprint density at radius 1 is 1.05 bits per heavy atom. The van der Waals surface area contributed by atoms with Gasteiger partial charge in [0.1, 0.15) is 5.75 Å². The Balaban J connectivity index is 1.50. The van der Waals surface area contributed by atoms with E-state index in [1.54, 1.807) is 30.3 Å². The van der Waals surface area contributed by atoms with Crippen LogP contribution in [0.2, 0.25) is 0 Å². The molecule has 0 aliphatic carbocycles. The highest BCUT2D eigenvalue weighted by molar-refractivity contribution is 7.89. The quantitative estimate of drug-likeness (QED) is 0.269. The van der Waals surface area contributed by atoms with E-state index < -0.39 is 38.6 Å². The molecule has 0 fully saturated rings. The second-order valence-corrected chi connectivity index (χ2v) is 11.8. The van der Waals surface area contributed by atoms with Gasteiger partial charge in [-0.1, -0.05) is 55.5 Å². The second kappa shape index (κ2) is 13.1. The summed E-state index contributed by atoms with van der Waals surface area (Å²) in [5.41, 5.74) is 1.32. The Kier molecular flexibility index (Phi) is 9.72. The smallest absolute Gasteiger partial charge is 0.416 e. The molecule has 0 aromatic heterocycles. The van der Waals surface area contributed by atoms with Crippen LogP contribution in [0.3, 0.4) is 0 Å². The van der Waals surface area contributed by atoms with Crippen LogP contribution in [0.4, 0.5) is 13.2 Å². The van der Waals surface area contributed by atoms with Gasteiger partial charge < -0.3 is 15.4 Å². The lowest BCUT2D eigenvalue weighted by molar-refractivity contribution is -0.137. The van der Waals surface area contributed by atoms with Gasteiger partial charge >= 0.3 is 6.18 Å². The molecule has 3 aromatic rings. The van der Waals surface area contributed by atoms with Crippen LogP contribution in [0.25, 0.3) is 0 Å². The number of ether oxygens (including phenoxy) is 1. The SMILES string of the molecule is CCC(C)NCc1ccc2c(c1)OCCC2NC(=O)CC(NS(=O)(=O)c1cccc(C(F)(F)F)c1)c1ccccc1. The molecule has 0 saturated carbocycles. The van der Waals surface area contributed by atoms with E-state index in [0.29, 0.717) is 43.0 Å². The van der Waals surface area contributed by atoms with E-state index in [1.807, 2.05) is 18.2 Å². The summed E-state index contributed by atoms with van der Waals surface area (Å²) >= 11 is 0. The molecule has 1 aliphatic heterocycles. The summed E-state index contributed by atoms with van der Waals surface area (Å²) in [6.45, 7) is 5.32. The highest BCUT2D eigenvalue weighted by atomic mass is 32.2. The highest BCUT2D eigenvalue weighted by Crippen LogP contribution is 2.34.